The summed E-state index contributed by atoms with van der Waals surface area (Å²) in [6, 6.07) is 10.2. The first-order valence-corrected chi connectivity index (χ1v) is 13.0. The zero-order chi connectivity index (χ0) is 22.9. The van der Waals surface area contributed by atoms with Crippen LogP contribution in [-0.2, 0) is 21.9 Å². The van der Waals surface area contributed by atoms with E-state index in [1.54, 1.807) is 30.5 Å². The van der Waals surface area contributed by atoms with E-state index >= 15 is 0 Å². The molecule has 1 saturated heterocycles. The van der Waals surface area contributed by atoms with Crippen LogP contribution in [0.2, 0.25) is 5.02 Å². The third kappa shape index (κ3) is 4.76. The van der Waals surface area contributed by atoms with E-state index in [0.29, 0.717) is 34.4 Å². The number of nitrogens with one attached hydrogen (secondary N) is 1. The molecular weight excluding hydrogens is 468 g/mol. The average molecular weight is 493 g/mol. The lowest BCUT2D eigenvalue weighted by Gasteiger charge is -2.32. The van der Waals surface area contributed by atoms with Gasteiger partial charge in [-0.15, -0.1) is 11.3 Å². The van der Waals surface area contributed by atoms with Crippen molar-refractivity contribution >= 4 is 38.9 Å². The number of carbonyl (C=O) groups is 1. The van der Waals surface area contributed by atoms with Crippen LogP contribution in [0.25, 0.3) is 0 Å². The Morgan fingerprint density at radius 3 is 2.62 bits per heavy atom. The molecule has 0 bridgehead atoms. The van der Waals surface area contributed by atoms with Gasteiger partial charge in [-0.1, -0.05) is 23.7 Å². The highest BCUT2D eigenvalue weighted by Crippen LogP contribution is 2.29. The summed E-state index contributed by atoms with van der Waals surface area (Å²) in [6.45, 7) is 2.46. The lowest BCUT2D eigenvalue weighted by Crippen LogP contribution is -2.46. The van der Waals surface area contributed by atoms with Gasteiger partial charge in [0, 0.05) is 42.4 Å². The molecule has 0 aliphatic carbocycles. The van der Waals surface area contributed by atoms with E-state index in [4.69, 9.17) is 11.6 Å². The molecule has 1 fully saturated rings. The van der Waals surface area contributed by atoms with Gasteiger partial charge in [-0.05, 0) is 49.6 Å². The molecule has 170 valence electrons. The first-order valence-electron chi connectivity index (χ1n) is 10.4. The van der Waals surface area contributed by atoms with E-state index < -0.39 is 22.0 Å². The van der Waals surface area contributed by atoms with Crippen molar-refractivity contribution in [1.29, 1.82) is 0 Å². The Morgan fingerprint density at radius 2 is 2.00 bits per heavy atom. The van der Waals surface area contributed by atoms with Crippen LogP contribution in [0.15, 0.2) is 53.0 Å². The minimum absolute atomic E-state index is 0.166. The molecule has 32 heavy (non-hydrogen) atoms. The molecule has 3 aromatic rings. The molecular formula is C22H25ClN4O3S2. The molecule has 0 spiro atoms. The van der Waals surface area contributed by atoms with Crippen molar-refractivity contribution in [1.82, 2.24) is 19.2 Å². The number of aryl methyl sites for hydroxylation is 2. The number of hydrogen-bond donors (Lipinski definition) is 1. The summed E-state index contributed by atoms with van der Waals surface area (Å²) in [5.74, 6) is 0.0693. The number of rotatable bonds is 6. The van der Waals surface area contributed by atoms with Gasteiger partial charge in [-0.25, -0.2) is 13.4 Å². The molecule has 0 radical (unpaired) electrons. The molecule has 1 aliphatic rings. The van der Waals surface area contributed by atoms with E-state index in [9.17, 15) is 13.2 Å². The molecule has 2 unspecified atom stereocenters. The number of aromatic nitrogens is 2. The van der Waals surface area contributed by atoms with Crippen molar-refractivity contribution in [3.8, 4) is 0 Å². The molecule has 1 N–H and O–H groups in total. The van der Waals surface area contributed by atoms with Crippen LogP contribution in [0, 0.1) is 12.8 Å². The first kappa shape index (κ1) is 23.0. The highest BCUT2D eigenvalue weighted by Gasteiger charge is 2.35. The molecule has 3 heterocycles. The molecule has 7 nitrogen and oxygen atoms in total. The SMILES string of the molecule is Cc1ccc(S(=O)(=O)N2CCCC(C(=O)NC(c3ccc(Cl)cc3)c3nccn3C)C2)s1. The van der Waals surface area contributed by atoms with E-state index in [1.165, 1.54) is 15.6 Å². The number of thiophene rings is 1. The second-order valence-corrected chi connectivity index (χ2v) is 11.8. The summed E-state index contributed by atoms with van der Waals surface area (Å²) in [6.07, 6.45) is 4.77. The molecule has 2 aromatic heterocycles. The molecule has 2 atom stereocenters. The Hall–Kier alpha value is -2.20. The van der Waals surface area contributed by atoms with Crippen molar-refractivity contribution in [3.63, 3.8) is 0 Å². The number of sulfonamides is 1. The molecule has 10 heteroatoms. The van der Waals surface area contributed by atoms with Crippen LogP contribution in [0.1, 0.15) is 35.1 Å². The molecule has 1 aromatic carbocycles. The van der Waals surface area contributed by atoms with Gasteiger partial charge in [-0.3, -0.25) is 4.79 Å². The van der Waals surface area contributed by atoms with Crippen LogP contribution < -0.4 is 5.32 Å². The normalized spacial score (nSPS) is 18.4. The van der Waals surface area contributed by atoms with E-state index in [-0.39, 0.29) is 12.5 Å². The van der Waals surface area contributed by atoms with Crippen molar-refractivity contribution in [2.45, 2.75) is 30.0 Å². The van der Waals surface area contributed by atoms with Gasteiger partial charge in [0.2, 0.25) is 5.91 Å². The lowest BCUT2D eigenvalue weighted by molar-refractivity contribution is -0.126. The van der Waals surface area contributed by atoms with Crippen LogP contribution in [-0.4, -0.2) is 41.3 Å². The van der Waals surface area contributed by atoms with Gasteiger partial charge < -0.3 is 9.88 Å². The maximum absolute atomic E-state index is 13.3. The Balaban J connectivity index is 1.54. The predicted octanol–water partition coefficient (Wildman–Crippen LogP) is 3.75. The summed E-state index contributed by atoms with van der Waals surface area (Å²) in [4.78, 5) is 18.6. The maximum Gasteiger partial charge on any atom is 0.252 e. The molecule has 4 rings (SSSR count). The minimum Gasteiger partial charge on any atom is -0.342 e. The van der Waals surface area contributed by atoms with E-state index in [1.807, 2.05) is 36.9 Å². The largest absolute Gasteiger partial charge is 0.342 e. The lowest BCUT2D eigenvalue weighted by atomic mass is 9.97. The quantitative estimate of drug-likeness (QED) is 0.568. The summed E-state index contributed by atoms with van der Waals surface area (Å²) < 4.78 is 29.7. The summed E-state index contributed by atoms with van der Waals surface area (Å²) in [5, 5.41) is 3.70. The zero-order valence-corrected chi connectivity index (χ0v) is 20.3. The summed E-state index contributed by atoms with van der Waals surface area (Å²) in [7, 11) is -1.73. The number of nitrogens with zero attached hydrogens (tertiary/aromatic N) is 3. The van der Waals surface area contributed by atoms with Gasteiger partial charge in [0.25, 0.3) is 10.0 Å². The Kier molecular flexibility index (Phi) is 6.71. The third-order valence-electron chi connectivity index (χ3n) is 5.67. The molecule has 0 saturated carbocycles. The topological polar surface area (TPSA) is 84.3 Å². The van der Waals surface area contributed by atoms with Crippen LogP contribution in [0.5, 0.6) is 0 Å². The van der Waals surface area contributed by atoms with Gasteiger partial charge >= 0.3 is 0 Å². The first-order chi connectivity index (χ1) is 15.3. The second-order valence-electron chi connectivity index (χ2n) is 7.96. The van der Waals surface area contributed by atoms with Crippen molar-refractivity contribution in [3.05, 3.63) is 70.1 Å². The number of halogens is 1. The maximum atomic E-state index is 13.3. The van der Waals surface area contributed by atoms with Crippen LogP contribution in [0.3, 0.4) is 0 Å². The molecule has 1 amide bonds. The Labute approximate surface area is 197 Å². The Bertz CT molecular complexity index is 1200. The number of carbonyl (C=O) groups excluding carboxylic acids is 1. The number of amides is 1. The monoisotopic (exact) mass is 492 g/mol. The number of benzene rings is 1. The highest BCUT2D eigenvalue weighted by molar-refractivity contribution is 7.91. The van der Waals surface area contributed by atoms with Crippen molar-refractivity contribution < 1.29 is 13.2 Å². The summed E-state index contributed by atoms with van der Waals surface area (Å²) in [5.41, 5.74) is 0.853. The fraction of sp³-hybridized carbons (Fsp3) is 0.364. The highest BCUT2D eigenvalue weighted by atomic mass is 35.5. The number of piperidine rings is 1. The standard InChI is InChI=1S/C22H25ClN4O3S2/c1-15-5-10-19(31-15)32(29,30)27-12-3-4-17(14-27)22(28)25-20(21-24-11-13-26(21)2)16-6-8-18(23)9-7-16/h5-11,13,17,20H,3-4,12,14H2,1-2H3,(H,25,28). The minimum atomic E-state index is -3.60. The Morgan fingerprint density at radius 1 is 1.25 bits per heavy atom. The van der Waals surface area contributed by atoms with Crippen molar-refractivity contribution in [2.75, 3.05) is 13.1 Å². The second kappa shape index (κ2) is 9.35. The smallest absolute Gasteiger partial charge is 0.252 e. The van der Waals surface area contributed by atoms with Crippen molar-refractivity contribution in [2.24, 2.45) is 13.0 Å². The van der Waals surface area contributed by atoms with Gasteiger partial charge in [0.15, 0.2) is 0 Å². The molecule has 1 aliphatic heterocycles. The van der Waals surface area contributed by atoms with Gasteiger partial charge in [0.1, 0.15) is 16.1 Å². The van der Waals surface area contributed by atoms with Gasteiger partial charge in [0.05, 0.1) is 5.92 Å². The third-order valence-corrected chi connectivity index (χ3v) is 9.26. The van der Waals surface area contributed by atoms with Gasteiger partial charge in [-0.2, -0.15) is 4.31 Å². The van der Waals surface area contributed by atoms with Crippen LogP contribution in [0.4, 0.5) is 0 Å². The summed E-state index contributed by atoms with van der Waals surface area (Å²) >= 11 is 7.30. The zero-order valence-electron chi connectivity index (χ0n) is 17.9. The van der Waals surface area contributed by atoms with E-state index in [2.05, 4.69) is 10.3 Å². The predicted molar refractivity (Wildman–Crippen MR) is 125 cm³/mol. The number of hydrogen-bond acceptors (Lipinski definition) is 5. The average Bonchev–Trinajstić information content (AvgIpc) is 3.41. The fourth-order valence-electron chi connectivity index (χ4n) is 3.92. The van der Waals surface area contributed by atoms with Crippen LogP contribution >= 0.6 is 22.9 Å². The number of imidazole rings is 1. The fourth-order valence-corrected chi connectivity index (χ4v) is 7.01. The van der Waals surface area contributed by atoms with E-state index in [0.717, 1.165) is 10.4 Å².